The van der Waals surface area contributed by atoms with Gasteiger partial charge in [0.2, 0.25) is 0 Å². The average molecular weight is 378 g/mol. The first-order valence-electron chi connectivity index (χ1n) is 8.32. The maximum absolute atomic E-state index is 12.3. The number of methoxy groups -OCH3 is 1. The predicted molar refractivity (Wildman–Crippen MR) is 98.8 cm³/mol. The molecule has 1 unspecified atom stereocenters. The smallest absolute Gasteiger partial charge is 0.279 e. The maximum Gasteiger partial charge on any atom is 0.279 e. The molecule has 6 nitrogen and oxygen atoms in total. The van der Waals surface area contributed by atoms with Crippen LogP contribution in [0.5, 0.6) is 11.5 Å². The Labute approximate surface area is 157 Å². The van der Waals surface area contributed by atoms with Crippen molar-refractivity contribution in [1.82, 2.24) is 0 Å². The molecule has 1 atom stereocenters. The van der Waals surface area contributed by atoms with Crippen LogP contribution in [0, 0.1) is 0 Å². The van der Waals surface area contributed by atoms with Crippen molar-refractivity contribution in [3.63, 3.8) is 0 Å². The summed E-state index contributed by atoms with van der Waals surface area (Å²) in [4.78, 5) is 13.3. The number of fused-ring (bicyclic) bond motifs is 1. The van der Waals surface area contributed by atoms with Gasteiger partial charge in [-0.05, 0) is 36.4 Å². The van der Waals surface area contributed by atoms with Crippen molar-refractivity contribution in [1.29, 1.82) is 0 Å². The number of benzene rings is 2. The molecule has 0 saturated heterocycles. The molecule has 1 aliphatic heterocycles. The average Bonchev–Trinajstić information content (AvgIpc) is 2.62. The Morgan fingerprint density at radius 1 is 1.31 bits per heavy atom. The fourth-order valence-electron chi connectivity index (χ4n) is 2.93. The number of amides is 1. The normalized spacial score (nSPS) is 14.1. The summed E-state index contributed by atoms with van der Waals surface area (Å²) in [6.45, 7) is 1.67. The highest BCUT2D eigenvalue weighted by Gasteiger charge is 2.20. The van der Waals surface area contributed by atoms with E-state index in [0.717, 1.165) is 33.2 Å². The molecule has 7 heteroatoms. The summed E-state index contributed by atoms with van der Waals surface area (Å²) in [5.41, 5.74) is 2.66. The van der Waals surface area contributed by atoms with Crippen LogP contribution in [0.1, 0.15) is 11.1 Å². The number of hydrogen-bond acceptors (Lipinski definition) is 4. The summed E-state index contributed by atoms with van der Waals surface area (Å²) >= 11 is 6.19. The van der Waals surface area contributed by atoms with E-state index in [1.165, 1.54) is 0 Å². The minimum Gasteiger partial charge on any atom is -0.497 e. The molecule has 0 bridgehead atoms. The van der Waals surface area contributed by atoms with Crippen molar-refractivity contribution >= 4 is 23.2 Å². The maximum atomic E-state index is 12.3. The zero-order valence-electron chi connectivity index (χ0n) is 14.8. The second kappa shape index (κ2) is 8.40. The van der Waals surface area contributed by atoms with Crippen molar-refractivity contribution in [2.24, 2.45) is 0 Å². The lowest BCUT2D eigenvalue weighted by atomic mass is 10.1. The van der Waals surface area contributed by atoms with Gasteiger partial charge in [0.1, 0.15) is 18.0 Å². The second-order valence-electron chi connectivity index (χ2n) is 6.25. The first-order chi connectivity index (χ1) is 12.5. The standard InChI is InChI=1S/C19H21ClN2O4/c1-22(10-18(23)21-16-3-5-17(24-2)6-4-16)9-13-7-15(20)8-14-11-25-12-26-19(13)14/h3-8H,9-12H2,1-2H3,(H,21,23)/p+1. The van der Waals surface area contributed by atoms with E-state index >= 15 is 0 Å². The Kier molecular flexibility index (Phi) is 5.98. The molecule has 0 radical (unpaired) electrons. The van der Waals surface area contributed by atoms with Gasteiger partial charge in [0.05, 0.1) is 26.3 Å². The minimum absolute atomic E-state index is 0.0622. The number of anilines is 1. The second-order valence-corrected chi connectivity index (χ2v) is 6.69. The number of halogens is 1. The van der Waals surface area contributed by atoms with Gasteiger partial charge in [0.15, 0.2) is 13.3 Å². The molecule has 3 rings (SSSR count). The van der Waals surface area contributed by atoms with Gasteiger partial charge < -0.3 is 24.4 Å². The topological polar surface area (TPSA) is 61.2 Å². The Balaban J connectivity index is 1.60. The lowest BCUT2D eigenvalue weighted by Crippen LogP contribution is -3.08. The number of carbonyl (C=O) groups excluding carboxylic acids is 1. The third-order valence-corrected chi connectivity index (χ3v) is 4.30. The van der Waals surface area contributed by atoms with Crippen LogP contribution in [0.15, 0.2) is 36.4 Å². The van der Waals surface area contributed by atoms with Crippen LogP contribution in [0.4, 0.5) is 5.69 Å². The van der Waals surface area contributed by atoms with E-state index in [2.05, 4.69) is 5.32 Å². The van der Waals surface area contributed by atoms with Gasteiger partial charge >= 0.3 is 0 Å². The summed E-state index contributed by atoms with van der Waals surface area (Å²) in [6.07, 6.45) is 0. The van der Waals surface area contributed by atoms with Crippen molar-refractivity contribution in [2.45, 2.75) is 13.2 Å². The van der Waals surface area contributed by atoms with Crippen LogP contribution in [0.25, 0.3) is 0 Å². The highest BCUT2D eigenvalue weighted by Crippen LogP contribution is 2.31. The third-order valence-electron chi connectivity index (χ3n) is 4.08. The molecular weight excluding hydrogens is 356 g/mol. The molecule has 0 aliphatic carbocycles. The number of carbonyl (C=O) groups is 1. The molecule has 1 heterocycles. The highest BCUT2D eigenvalue weighted by molar-refractivity contribution is 6.30. The fraction of sp³-hybridized carbons (Fsp3) is 0.316. The summed E-state index contributed by atoms with van der Waals surface area (Å²) in [6, 6.07) is 11.0. The van der Waals surface area contributed by atoms with E-state index in [9.17, 15) is 4.79 Å². The molecule has 138 valence electrons. The molecule has 2 aromatic rings. The van der Waals surface area contributed by atoms with Gasteiger partial charge in [-0.15, -0.1) is 0 Å². The summed E-state index contributed by atoms with van der Waals surface area (Å²) in [5, 5.41) is 3.53. The highest BCUT2D eigenvalue weighted by atomic mass is 35.5. The van der Waals surface area contributed by atoms with Crippen LogP contribution in [-0.4, -0.2) is 33.4 Å². The zero-order chi connectivity index (χ0) is 18.5. The molecular formula is C19H22ClN2O4+. The Morgan fingerprint density at radius 3 is 2.81 bits per heavy atom. The van der Waals surface area contributed by atoms with Crippen molar-refractivity contribution in [3.05, 3.63) is 52.5 Å². The zero-order valence-corrected chi connectivity index (χ0v) is 15.6. The molecule has 1 aliphatic rings. The molecule has 2 aromatic carbocycles. The van der Waals surface area contributed by atoms with E-state index in [1.54, 1.807) is 7.11 Å². The van der Waals surface area contributed by atoms with E-state index in [-0.39, 0.29) is 12.7 Å². The van der Waals surface area contributed by atoms with Crippen molar-refractivity contribution in [2.75, 3.05) is 32.8 Å². The fourth-order valence-corrected chi connectivity index (χ4v) is 3.19. The Morgan fingerprint density at radius 2 is 2.08 bits per heavy atom. The number of ether oxygens (including phenoxy) is 3. The SMILES string of the molecule is COc1ccc(NC(=O)C[NH+](C)Cc2cc(Cl)cc3c2OCOC3)cc1. The van der Waals surface area contributed by atoms with Crippen LogP contribution in [0.2, 0.25) is 5.02 Å². The van der Waals surface area contributed by atoms with Crippen LogP contribution >= 0.6 is 11.6 Å². The van der Waals surface area contributed by atoms with E-state index < -0.39 is 0 Å². The summed E-state index contributed by atoms with van der Waals surface area (Å²) in [5.74, 6) is 1.50. The van der Waals surface area contributed by atoms with Crippen LogP contribution in [-0.2, 0) is 22.7 Å². The lowest BCUT2D eigenvalue weighted by Gasteiger charge is -2.22. The molecule has 0 spiro atoms. The summed E-state index contributed by atoms with van der Waals surface area (Å²) < 4.78 is 16.0. The van der Waals surface area contributed by atoms with Gasteiger partial charge in [-0.25, -0.2) is 0 Å². The van der Waals surface area contributed by atoms with Crippen LogP contribution in [0.3, 0.4) is 0 Å². The minimum atomic E-state index is -0.0622. The number of nitrogens with one attached hydrogen (secondary N) is 2. The lowest BCUT2D eigenvalue weighted by molar-refractivity contribution is -0.885. The predicted octanol–water partition coefficient (Wildman–Crippen LogP) is 1.87. The quantitative estimate of drug-likeness (QED) is 0.806. The Bertz CT molecular complexity index is 780. The first kappa shape index (κ1) is 18.5. The summed E-state index contributed by atoms with van der Waals surface area (Å²) in [7, 11) is 3.57. The van der Waals surface area contributed by atoms with Crippen molar-refractivity contribution in [3.8, 4) is 11.5 Å². The Hall–Kier alpha value is -2.28. The van der Waals surface area contributed by atoms with Crippen LogP contribution < -0.4 is 19.7 Å². The number of quaternary nitrogens is 1. The number of hydrogen-bond donors (Lipinski definition) is 2. The van der Waals surface area contributed by atoms with Gasteiger partial charge in [-0.3, -0.25) is 4.79 Å². The van der Waals surface area contributed by atoms with Gasteiger partial charge in [0.25, 0.3) is 5.91 Å². The molecule has 0 aromatic heterocycles. The van der Waals surface area contributed by atoms with Gasteiger partial charge in [-0.1, -0.05) is 11.6 Å². The van der Waals surface area contributed by atoms with Crippen molar-refractivity contribution < 1.29 is 23.9 Å². The monoisotopic (exact) mass is 377 g/mol. The number of rotatable bonds is 6. The van der Waals surface area contributed by atoms with Gasteiger partial charge in [0, 0.05) is 16.3 Å². The third kappa shape index (κ3) is 4.66. The first-order valence-corrected chi connectivity index (χ1v) is 8.70. The van der Waals surface area contributed by atoms with E-state index in [0.29, 0.717) is 24.7 Å². The molecule has 2 N–H and O–H groups in total. The van der Waals surface area contributed by atoms with E-state index in [4.69, 9.17) is 25.8 Å². The largest absolute Gasteiger partial charge is 0.497 e. The molecule has 0 fully saturated rings. The molecule has 26 heavy (non-hydrogen) atoms. The molecule has 0 saturated carbocycles. The number of likely N-dealkylation sites (N-methyl/N-ethyl adjacent to an activating group) is 1. The van der Waals surface area contributed by atoms with E-state index in [1.807, 2.05) is 43.4 Å². The molecule has 1 amide bonds. The van der Waals surface area contributed by atoms with Gasteiger partial charge in [-0.2, -0.15) is 0 Å².